The van der Waals surface area contributed by atoms with Crippen molar-refractivity contribution in [2.75, 3.05) is 19.7 Å². The molecule has 0 saturated heterocycles. The van der Waals surface area contributed by atoms with Gasteiger partial charge in [-0.3, -0.25) is 0 Å². The topological polar surface area (TPSA) is 87.4 Å². The second kappa shape index (κ2) is 11.0. The fourth-order valence-electron chi connectivity index (χ4n) is 2.34. The van der Waals surface area contributed by atoms with E-state index in [1.165, 1.54) is 0 Å². The normalized spacial score (nSPS) is 13.2. The van der Waals surface area contributed by atoms with Crippen LogP contribution in [0.1, 0.15) is 45.9 Å². The van der Waals surface area contributed by atoms with Crippen LogP contribution in [-0.2, 0) is 13.1 Å². The Balaban J connectivity index is 2.57. The van der Waals surface area contributed by atoms with Crippen molar-refractivity contribution >= 4 is 5.96 Å². The molecule has 1 rings (SSSR count). The summed E-state index contributed by atoms with van der Waals surface area (Å²) in [5.74, 6) is 2.12. The number of nitrogens with one attached hydrogen (secondary N) is 2. The Morgan fingerprint density at radius 1 is 1.32 bits per heavy atom. The maximum absolute atomic E-state index is 9.13. The van der Waals surface area contributed by atoms with Crippen LogP contribution < -0.4 is 10.6 Å². The van der Waals surface area contributed by atoms with E-state index in [1.54, 1.807) is 6.33 Å². The lowest BCUT2D eigenvalue weighted by Crippen LogP contribution is -2.40. The summed E-state index contributed by atoms with van der Waals surface area (Å²) in [7, 11) is 0. The maximum atomic E-state index is 9.13. The highest BCUT2D eigenvalue weighted by atomic mass is 16.3. The molecule has 0 fully saturated rings. The van der Waals surface area contributed by atoms with Crippen molar-refractivity contribution in [2.24, 2.45) is 10.9 Å². The van der Waals surface area contributed by atoms with Gasteiger partial charge in [-0.1, -0.05) is 13.3 Å². The zero-order chi connectivity index (χ0) is 16.2. The van der Waals surface area contributed by atoms with Crippen molar-refractivity contribution in [3.8, 4) is 0 Å². The van der Waals surface area contributed by atoms with Gasteiger partial charge in [0.2, 0.25) is 0 Å². The van der Waals surface area contributed by atoms with E-state index in [0.29, 0.717) is 12.5 Å². The van der Waals surface area contributed by atoms with E-state index < -0.39 is 0 Å². The summed E-state index contributed by atoms with van der Waals surface area (Å²) in [6.45, 7) is 9.48. The predicted molar refractivity (Wildman–Crippen MR) is 88.6 cm³/mol. The molecule has 1 aromatic rings. The number of hydrogen-bond acceptors (Lipinski definition) is 4. The molecule has 0 radical (unpaired) electrons. The summed E-state index contributed by atoms with van der Waals surface area (Å²) in [6.07, 6.45) is 4.78. The average molecular weight is 310 g/mol. The lowest BCUT2D eigenvalue weighted by molar-refractivity contribution is 0.251. The largest absolute Gasteiger partial charge is 0.396 e. The molecular weight excluding hydrogens is 280 g/mol. The van der Waals surface area contributed by atoms with E-state index >= 15 is 0 Å². The fraction of sp³-hybridized carbons (Fsp3) is 0.800. The van der Waals surface area contributed by atoms with Gasteiger partial charge in [-0.05, 0) is 32.6 Å². The van der Waals surface area contributed by atoms with Crippen LogP contribution in [0.15, 0.2) is 11.3 Å². The second-order valence-corrected chi connectivity index (χ2v) is 5.28. The standard InChI is InChI=1S/C15H30N6O/c1-4-7-13(8-9-22)10-17-15(16-5-2)18-11-14-20-19-12-21(14)6-3/h12-13,22H,4-11H2,1-3H3,(H2,16,17,18). The van der Waals surface area contributed by atoms with Gasteiger partial charge in [0.05, 0.1) is 0 Å². The lowest BCUT2D eigenvalue weighted by Gasteiger charge is -2.18. The van der Waals surface area contributed by atoms with E-state index in [4.69, 9.17) is 5.11 Å². The Bertz CT molecular complexity index is 425. The summed E-state index contributed by atoms with van der Waals surface area (Å²) in [6, 6.07) is 0. The molecule has 0 aliphatic heterocycles. The van der Waals surface area contributed by atoms with Crippen molar-refractivity contribution in [1.29, 1.82) is 0 Å². The van der Waals surface area contributed by atoms with Gasteiger partial charge in [-0.25, -0.2) is 4.99 Å². The molecule has 0 saturated carbocycles. The second-order valence-electron chi connectivity index (χ2n) is 5.28. The fourth-order valence-corrected chi connectivity index (χ4v) is 2.34. The number of aliphatic hydroxyl groups is 1. The van der Waals surface area contributed by atoms with Gasteiger partial charge in [0, 0.05) is 26.2 Å². The first-order chi connectivity index (χ1) is 10.7. The molecule has 0 aliphatic carbocycles. The summed E-state index contributed by atoms with van der Waals surface area (Å²) in [5, 5.41) is 23.7. The van der Waals surface area contributed by atoms with Crippen molar-refractivity contribution in [1.82, 2.24) is 25.4 Å². The first kappa shape index (κ1) is 18.4. The maximum Gasteiger partial charge on any atom is 0.191 e. The van der Waals surface area contributed by atoms with Gasteiger partial charge in [0.1, 0.15) is 12.9 Å². The van der Waals surface area contributed by atoms with Gasteiger partial charge < -0.3 is 20.3 Å². The summed E-state index contributed by atoms with van der Waals surface area (Å²) < 4.78 is 1.98. The molecule has 0 aliphatic rings. The number of aliphatic hydroxyl groups excluding tert-OH is 1. The molecule has 3 N–H and O–H groups in total. The minimum absolute atomic E-state index is 0.236. The first-order valence-electron chi connectivity index (χ1n) is 8.24. The third-order valence-corrected chi connectivity index (χ3v) is 3.55. The van der Waals surface area contributed by atoms with E-state index in [1.807, 2.05) is 11.5 Å². The first-order valence-corrected chi connectivity index (χ1v) is 8.24. The van der Waals surface area contributed by atoms with Crippen molar-refractivity contribution in [3.05, 3.63) is 12.2 Å². The Hall–Kier alpha value is -1.63. The number of guanidine groups is 1. The smallest absolute Gasteiger partial charge is 0.191 e. The molecule has 1 aromatic heterocycles. The number of aromatic nitrogens is 3. The molecule has 0 spiro atoms. The van der Waals surface area contributed by atoms with Crippen molar-refractivity contribution in [3.63, 3.8) is 0 Å². The molecule has 7 nitrogen and oxygen atoms in total. The van der Waals surface area contributed by atoms with Crippen molar-refractivity contribution in [2.45, 2.75) is 53.1 Å². The van der Waals surface area contributed by atoms with Crippen LogP contribution in [0, 0.1) is 5.92 Å². The third kappa shape index (κ3) is 6.43. The molecular formula is C15H30N6O. The minimum atomic E-state index is 0.236. The Morgan fingerprint density at radius 2 is 2.14 bits per heavy atom. The van der Waals surface area contributed by atoms with E-state index in [2.05, 4.69) is 39.7 Å². The van der Waals surface area contributed by atoms with Crippen LogP contribution in [-0.4, -0.2) is 45.5 Å². The molecule has 1 unspecified atom stereocenters. The molecule has 1 heterocycles. The summed E-state index contributed by atoms with van der Waals surface area (Å²) in [4.78, 5) is 4.57. The number of rotatable bonds is 10. The Morgan fingerprint density at radius 3 is 2.77 bits per heavy atom. The number of aliphatic imine (C=N–C) groups is 1. The zero-order valence-electron chi connectivity index (χ0n) is 14.0. The Labute approximate surface area is 133 Å². The highest BCUT2D eigenvalue weighted by molar-refractivity contribution is 5.79. The average Bonchev–Trinajstić information content (AvgIpc) is 2.97. The molecule has 0 aromatic carbocycles. The van der Waals surface area contributed by atoms with Gasteiger partial charge in [-0.2, -0.15) is 0 Å². The van der Waals surface area contributed by atoms with Crippen LogP contribution in [0.3, 0.4) is 0 Å². The summed E-state index contributed by atoms with van der Waals surface area (Å²) >= 11 is 0. The van der Waals surface area contributed by atoms with E-state index in [-0.39, 0.29) is 6.61 Å². The number of aryl methyl sites for hydroxylation is 1. The van der Waals surface area contributed by atoms with Gasteiger partial charge in [-0.15, -0.1) is 10.2 Å². The molecule has 126 valence electrons. The highest BCUT2D eigenvalue weighted by Gasteiger charge is 2.09. The van der Waals surface area contributed by atoms with Crippen LogP contribution in [0.25, 0.3) is 0 Å². The quantitative estimate of drug-likeness (QED) is 0.446. The number of nitrogens with zero attached hydrogens (tertiary/aromatic N) is 4. The highest BCUT2D eigenvalue weighted by Crippen LogP contribution is 2.09. The monoisotopic (exact) mass is 310 g/mol. The molecule has 0 amide bonds. The van der Waals surface area contributed by atoms with Gasteiger partial charge in [0.15, 0.2) is 11.8 Å². The van der Waals surface area contributed by atoms with Crippen LogP contribution in [0.5, 0.6) is 0 Å². The van der Waals surface area contributed by atoms with Crippen LogP contribution in [0.2, 0.25) is 0 Å². The Kier molecular flexibility index (Phi) is 9.21. The predicted octanol–water partition coefficient (Wildman–Crippen LogP) is 1.15. The minimum Gasteiger partial charge on any atom is -0.396 e. The third-order valence-electron chi connectivity index (χ3n) is 3.55. The van der Waals surface area contributed by atoms with E-state index in [9.17, 15) is 0 Å². The van der Waals surface area contributed by atoms with Gasteiger partial charge >= 0.3 is 0 Å². The molecule has 7 heteroatoms. The number of hydrogen-bond donors (Lipinski definition) is 3. The zero-order valence-corrected chi connectivity index (χ0v) is 14.0. The van der Waals surface area contributed by atoms with Crippen LogP contribution in [0.4, 0.5) is 0 Å². The van der Waals surface area contributed by atoms with Crippen LogP contribution >= 0.6 is 0 Å². The summed E-state index contributed by atoms with van der Waals surface area (Å²) in [5.41, 5.74) is 0. The van der Waals surface area contributed by atoms with Crippen molar-refractivity contribution < 1.29 is 5.11 Å². The lowest BCUT2D eigenvalue weighted by atomic mass is 10.0. The SMILES string of the molecule is CCCC(CCO)CNC(=NCc1nncn1CC)NCC. The molecule has 22 heavy (non-hydrogen) atoms. The van der Waals surface area contributed by atoms with E-state index in [0.717, 1.165) is 50.7 Å². The molecule has 0 bridgehead atoms. The van der Waals surface area contributed by atoms with Gasteiger partial charge in [0.25, 0.3) is 0 Å². The molecule has 1 atom stereocenters.